The molecule has 0 spiro atoms. The van der Waals surface area contributed by atoms with Gasteiger partial charge in [-0.25, -0.2) is 0 Å². The summed E-state index contributed by atoms with van der Waals surface area (Å²) in [6, 6.07) is 64.3. The minimum absolute atomic E-state index is 0.0592. The van der Waals surface area contributed by atoms with Gasteiger partial charge in [-0.3, -0.25) is 0 Å². The van der Waals surface area contributed by atoms with Crippen molar-refractivity contribution < 1.29 is 4.42 Å². The number of anilines is 3. The van der Waals surface area contributed by atoms with E-state index in [2.05, 4.69) is 209 Å². The van der Waals surface area contributed by atoms with Crippen molar-refractivity contribution >= 4 is 60.5 Å². The molecule has 2 nitrogen and oxygen atoms in total. The summed E-state index contributed by atoms with van der Waals surface area (Å²) >= 11 is 0. The SMILES string of the molecule is Cc1ccccc1N(c1ccc2cc3c(cc2c1)-c1c-3c(-c2ccccc2)c2ccccc2c1-c1ccccc1)c1cccc2c1oc1c(C(C)(C)C)cccc12. The number of nitrogens with zero attached hydrogens (tertiary/aromatic N) is 1. The average molecular weight is 732 g/mol. The summed E-state index contributed by atoms with van der Waals surface area (Å²) in [5.41, 5.74) is 17.8. The Morgan fingerprint density at radius 3 is 1.58 bits per heavy atom. The molecule has 0 bridgehead atoms. The van der Waals surface area contributed by atoms with E-state index in [0.29, 0.717) is 0 Å². The molecule has 0 unspecified atom stereocenters. The summed E-state index contributed by atoms with van der Waals surface area (Å²) in [7, 11) is 0. The molecule has 1 aliphatic carbocycles. The predicted octanol–water partition coefficient (Wildman–Crippen LogP) is 15.9. The standard InChI is InChI=1S/C55H41NO/c1-34-17-11-14-27-47(34)56(48-28-16-25-43-42-24-15-26-46(55(2,3)4)53(42)57-54(43)48)39-30-29-37-32-44-45(33-38(37)31-39)52-50(36-20-9-6-10-21-36)41-23-13-12-22-40(41)49(51(44)52)35-18-7-5-8-19-35/h5-33H,1-4H3. The smallest absolute Gasteiger partial charge is 0.159 e. The van der Waals surface area contributed by atoms with Crippen LogP contribution in [0, 0.1) is 6.92 Å². The number of para-hydroxylation sites is 3. The number of rotatable bonds is 5. The molecule has 1 heterocycles. The predicted molar refractivity (Wildman–Crippen MR) is 242 cm³/mol. The van der Waals surface area contributed by atoms with Gasteiger partial charge < -0.3 is 9.32 Å². The zero-order chi connectivity index (χ0) is 38.4. The summed E-state index contributed by atoms with van der Waals surface area (Å²) in [5, 5.41) is 7.26. The summed E-state index contributed by atoms with van der Waals surface area (Å²) < 4.78 is 6.97. The van der Waals surface area contributed by atoms with E-state index in [9.17, 15) is 0 Å². The van der Waals surface area contributed by atoms with E-state index in [1.54, 1.807) is 0 Å². The number of hydrogen-bond acceptors (Lipinski definition) is 2. The number of benzene rings is 9. The third kappa shape index (κ3) is 5.10. The second-order valence-electron chi connectivity index (χ2n) is 16.5. The molecule has 10 aromatic rings. The molecule has 0 saturated heterocycles. The van der Waals surface area contributed by atoms with Crippen LogP contribution in [0.25, 0.3) is 88.0 Å². The van der Waals surface area contributed by atoms with Gasteiger partial charge in [0.1, 0.15) is 5.58 Å². The van der Waals surface area contributed by atoms with Crippen molar-refractivity contribution in [2.24, 2.45) is 0 Å². The van der Waals surface area contributed by atoms with Gasteiger partial charge in [-0.2, -0.15) is 0 Å². The molecule has 11 rings (SSSR count). The molecule has 0 atom stereocenters. The Morgan fingerprint density at radius 1 is 0.421 bits per heavy atom. The Labute approximate surface area is 333 Å². The molecule has 0 radical (unpaired) electrons. The lowest BCUT2D eigenvalue weighted by Gasteiger charge is -2.33. The zero-order valence-electron chi connectivity index (χ0n) is 32.6. The summed E-state index contributed by atoms with van der Waals surface area (Å²) in [4.78, 5) is 2.39. The van der Waals surface area contributed by atoms with Crippen molar-refractivity contribution in [1.29, 1.82) is 0 Å². The molecular formula is C55H41NO. The highest BCUT2D eigenvalue weighted by Gasteiger charge is 2.33. The average Bonchev–Trinajstić information content (AvgIpc) is 3.63. The van der Waals surface area contributed by atoms with Crippen molar-refractivity contribution in [3.63, 3.8) is 0 Å². The molecule has 0 amide bonds. The molecule has 272 valence electrons. The van der Waals surface area contributed by atoms with Gasteiger partial charge in [0.2, 0.25) is 0 Å². The Balaban J connectivity index is 1.15. The third-order valence-electron chi connectivity index (χ3n) is 12.0. The van der Waals surface area contributed by atoms with Crippen LogP contribution in [0.1, 0.15) is 31.9 Å². The molecule has 1 aliphatic rings. The first-order valence-corrected chi connectivity index (χ1v) is 19.9. The van der Waals surface area contributed by atoms with Crippen LogP contribution in [-0.4, -0.2) is 0 Å². The third-order valence-corrected chi connectivity index (χ3v) is 12.0. The van der Waals surface area contributed by atoms with Crippen LogP contribution >= 0.6 is 0 Å². The van der Waals surface area contributed by atoms with Gasteiger partial charge in [-0.1, -0.05) is 160 Å². The van der Waals surface area contributed by atoms with Gasteiger partial charge in [0.05, 0.1) is 5.69 Å². The fourth-order valence-electron chi connectivity index (χ4n) is 9.36. The van der Waals surface area contributed by atoms with Crippen LogP contribution in [0.3, 0.4) is 0 Å². The van der Waals surface area contributed by atoms with Gasteiger partial charge in [0, 0.05) is 27.7 Å². The highest BCUT2D eigenvalue weighted by atomic mass is 16.3. The molecule has 2 heteroatoms. The van der Waals surface area contributed by atoms with Crippen molar-refractivity contribution in [1.82, 2.24) is 0 Å². The van der Waals surface area contributed by atoms with E-state index >= 15 is 0 Å². The van der Waals surface area contributed by atoms with E-state index in [4.69, 9.17) is 4.42 Å². The molecule has 0 N–H and O–H groups in total. The lowest BCUT2D eigenvalue weighted by molar-refractivity contribution is 0.573. The molecule has 57 heavy (non-hydrogen) atoms. The maximum atomic E-state index is 6.97. The Bertz CT molecular complexity index is 3220. The van der Waals surface area contributed by atoms with Crippen LogP contribution in [0.4, 0.5) is 17.1 Å². The molecule has 9 aromatic carbocycles. The van der Waals surface area contributed by atoms with Crippen LogP contribution in [0.15, 0.2) is 180 Å². The molecule has 0 saturated carbocycles. The first-order chi connectivity index (χ1) is 27.8. The van der Waals surface area contributed by atoms with Gasteiger partial charge in [0.25, 0.3) is 0 Å². The molecule has 1 aromatic heterocycles. The summed E-state index contributed by atoms with van der Waals surface area (Å²) in [5.74, 6) is 0. The minimum Gasteiger partial charge on any atom is -0.454 e. The Hall–Kier alpha value is -6.90. The monoisotopic (exact) mass is 731 g/mol. The molecular weight excluding hydrogens is 691 g/mol. The van der Waals surface area contributed by atoms with E-state index in [1.807, 2.05) is 0 Å². The van der Waals surface area contributed by atoms with Crippen molar-refractivity contribution in [2.75, 3.05) is 4.90 Å². The van der Waals surface area contributed by atoms with E-state index in [0.717, 1.165) is 39.0 Å². The molecule has 0 fully saturated rings. The normalized spacial score (nSPS) is 12.2. The molecule has 0 aliphatic heterocycles. The van der Waals surface area contributed by atoms with Crippen LogP contribution in [0.5, 0.6) is 0 Å². The van der Waals surface area contributed by atoms with Crippen molar-refractivity contribution in [3.05, 3.63) is 187 Å². The summed E-state index contributed by atoms with van der Waals surface area (Å²) in [6.07, 6.45) is 0. The topological polar surface area (TPSA) is 16.4 Å². The second kappa shape index (κ2) is 12.6. The maximum Gasteiger partial charge on any atom is 0.159 e. The van der Waals surface area contributed by atoms with Crippen molar-refractivity contribution in [2.45, 2.75) is 33.1 Å². The Kier molecular flexibility index (Phi) is 7.37. The van der Waals surface area contributed by atoms with E-state index in [1.165, 1.54) is 77.2 Å². The van der Waals surface area contributed by atoms with Crippen LogP contribution in [-0.2, 0) is 5.41 Å². The quantitative estimate of drug-likeness (QED) is 0.175. The van der Waals surface area contributed by atoms with Crippen molar-refractivity contribution in [3.8, 4) is 44.5 Å². The largest absolute Gasteiger partial charge is 0.454 e. The maximum absolute atomic E-state index is 6.97. The fourth-order valence-corrected chi connectivity index (χ4v) is 9.36. The number of aryl methyl sites for hydroxylation is 1. The van der Waals surface area contributed by atoms with E-state index in [-0.39, 0.29) is 5.41 Å². The lowest BCUT2D eigenvalue weighted by Crippen LogP contribution is -2.12. The zero-order valence-corrected chi connectivity index (χ0v) is 32.6. The fraction of sp³-hybridized carbons (Fsp3) is 0.0909. The highest BCUT2D eigenvalue weighted by Crippen LogP contribution is 2.60. The first-order valence-electron chi connectivity index (χ1n) is 19.9. The highest BCUT2D eigenvalue weighted by molar-refractivity contribution is 6.26. The van der Waals surface area contributed by atoms with Gasteiger partial charge in [-0.05, 0) is 120 Å². The second-order valence-corrected chi connectivity index (χ2v) is 16.5. The van der Waals surface area contributed by atoms with Gasteiger partial charge >= 0.3 is 0 Å². The Morgan fingerprint density at radius 2 is 0.947 bits per heavy atom. The number of furan rings is 1. The lowest BCUT2D eigenvalue weighted by atomic mass is 9.70. The van der Waals surface area contributed by atoms with E-state index < -0.39 is 0 Å². The van der Waals surface area contributed by atoms with Crippen LogP contribution in [0.2, 0.25) is 0 Å². The summed E-state index contributed by atoms with van der Waals surface area (Å²) in [6.45, 7) is 8.96. The minimum atomic E-state index is -0.0592. The first kappa shape index (κ1) is 33.4. The van der Waals surface area contributed by atoms with Gasteiger partial charge in [-0.15, -0.1) is 0 Å². The van der Waals surface area contributed by atoms with Gasteiger partial charge in [0.15, 0.2) is 5.58 Å². The van der Waals surface area contributed by atoms with Crippen LogP contribution < -0.4 is 4.90 Å². The number of hydrogen-bond donors (Lipinski definition) is 0. The number of fused-ring (bicyclic) bond motifs is 9.